The second kappa shape index (κ2) is 10.3. The molecule has 2 rings (SSSR count). The molecule has 1 heterocycles. The minimum absolute atomic E-state index is 0. The maximum absolute atomic E-state index is 5.38. The summed E-state index contributed by atoms with van der Waals surface area (Å²) in [6.07, 6.45) is 2.45. The van der Waals surface area contributed by atoms with Crippen LogP contribution >= 0.6 is 39.9 Å². The highest BCUT2D eigenvalue weighted by Crippen LogP contribution is 2.33. The Kier molecular flexibility index (Phi) is 9.18. The van der Waals surface area contributed by atoms with E-state index in [2.05, 4.69) is 38.1 Å². The molecular weight excluding hydrogens is 485 g/mol. The lowest BCUT2D eigenvalue weighted by Crippen LogP contribution is -2.45. The van der Waals surface area contributed by atoms with Crippen LogP contribution in [0.15, 0.2) is 21.6 Å². The van der Waals surface area contributed by atoms with Crippen LogP contribution < -0.4 is 14.8 Å². The molecule has 5 nitrogen and oxygen atoms in total. The Morgan fingerprint density at radius 2 is 1.83 bits per heavy atom. The van der Waals surface area contributed by atoms with Gasteiger partial charge in [-0.15, -0.1) is 24.0 Å². The van der Waals surface area contributed by atoms with Crippen LogP contribution in [0, 0.1) is 5.92 Å². The average molecular weight is 512 g/mol. The molecule has 0 amide bonds. The number of rotatable bonds is 4. The summed E-state index contributed by atoms with van der Waals surface area (Å²) in [5, 5.41) is 3.45. The van der Waals surface area contributed by atoms with Crippen molar-refractivity contribution in [2.75, 3.05) is 34.4 Å². The van der Waals surface area contributed by atoms with E-state index in [1.54, 1.807) is 14.2 Å². The summed E-state index contributed by atoms with van der Waals surface area (Å²) in [7, 11) is 5.13. The van der Waals surface area contributed by atoms with E-state index in [9.17, 15) is 0 Å². The fourth-order valence-corrected chi connectivity index (χ4v) is 3.22. The number of methoxy groups -OCH3 is 2. The van der Waals surface area contributed by atoms with E-state index in [1.807, 2.05) is 19.2 Å². The average Bonchev–Trinajstić information content (AvgIpc) is 2.57. The van der Waals surface area contributed by atoms with Gasteiger partial charge in [0.15, 0.2) is 17.5 Å². The van der Waals surface area contributed by atoms with Crippen LogP contribution in [0.4, 0.5) is 0 Å². The molecule has 0 atom stereocenters. The predicted octanol–water partition coefficient (Wildman–Crippen LogP) is 3.89. The summed E-state index contributed by atoms with van der Waals surface area (Å²) < 4.78 is 11.7. The van der Waals surface area contributed by atoms with E-state index in [-0.39, 0.29) is 24.0 Å². The van der Waals surface area contributed by atoms with Gasteiger partial charge in [-0.3, -0.25) is 4.99 Å². The smallest absolute Gasteiger partial charge is 0.193 e. The van der Waals surface area contributed by atoms with Gasteiger partial charge in [-0.2, -0.15) is 0 Å². The number of benzene rings is 1. The summed E-state index contributed by atoms with van der Waals surface area (Å²) in [5.41, 5.74) is 1.11. The topological polar surface area (TPSA) is 46.1 Å². The van der Waals surface area contributed by atoms with Crippen LogP contribution in [0.1, 0.15) is 25.3 Å². The van der Waals surface area contributed by atoms with Gasteiger partial charge < -0.3 is 19.7 Å². The number of piperidine rings is 1. The van der Waals surface area contributed by atoms with E-state index >= 15 is 0 Å². The molecule has 0 bridgehead atoms. The van der Waals surface area contributed by atoms with Crippen molar-refractivity contribution in [1.82, 2.24) is 10.2 Å². The Morgan fingerprint density at radius 1 is 1.25 bits per heavy atom. The van der Waals surface area contributed by atoms with Gasteiger partial charge in [0.25, 0.3) is 0 Å². The third-order valence-electron chi connectivity index (χ3n) is 4.28. The third-order valence-corrected chi connectivity index (χ3v) is 5.02. The van der Waals surface area contributed by atoms with Gasteiger partial charge in [0.2, 0.25) is 0 Å². The molecule has 1 aromatic rings. The lowest BCUT2D eigenvalue weighted by atomic mass is 9.99. The second-order valence-corrected chi connectivity index (χ2v) is 6.72. The van der Waals surface area contributed by atoms with Crippen LogP contribution in [0.5, 0.6) is 11.5 Å². The van der Waals surface area contributed by atoms with E-state index in [4.69, 9.17) is 9.47 Å². The van der Waals surface area contributed by atoms with E-state index in [1.165, 1.54) is 12.8 Å². The van der Waals surface area contributed by atoms with E-state index in [0.717, 1.165) is 46.5 Å². The zero-order valence-corrected chi connectivity index (χ0v) is 18.7. The maximum Gasteiger partial charge on any atom is 0.193 e. The van der Waals surface area contributed by atoms with Crippen LogP contribution in [-0.4, -0.2) is 45.2 Å². The van der Waals surface area contributed by atoms with Crippen molar-refractivity contribution in [3.63, 3.8) is 0 Å². The number of hydrogen-bond donors (Lipinski definition) is 1. The highest BCUT2D eigenvalue weighted by atomic mass is 127. The van der Waals surface area contributed by atoms with Crippen LogP contribution in [-0.2, 0) is 6.54 Å². The molecule has 136 valence electrons. The lowest BCUT2D eigenvalue weighted by Gasteiger charge is -2.33. The number of hydrogen-bond acceptors (Lipinski definition) is 3. The summed E-state index contributed by atoms with van der Waals surface area (Å²) in [4.78, 5) is 6.75. The van der Waals surface area contributed by atoms with E-state index < -0.39 is 0 Å². The lowest BCUT2D eigenvalue weighted by molar-refractivity contribution is 0.273. The zero-order valence-electron chi connectivity index (χ0n) is 14.8. The molecule has 24 heavy (non-hydrogen) atoms. The first-order chi connectivity index (χ1) is 11.1. The third kappa shape index (κ3) is 5.40. The molecule has 1 N–H and O–H groups in total. The minimum atomic E-state index is 0. The SMILES string of the molecule is CN=C(NCc1cc(OC)c(OC)cc1Br)N1CCC(C)CC1.I. The first-order valence-corrected chi connectivity index (χ1v) is 8.74. The first-order valence-electron chi connectivity index (χ1n) is 7.95. The van der Waals surface area contributed by atoms with Crippen LogP contribution in [0.2, 0.25) is 0 Å². The molecule has 1 aromatic carbocycles. The molecule has 1 aliphatic heterocycles. The molecular formula is C17H27BrIN3O2. The predicted molar refractivity (Wildman–Crippen MR) is 113 cm³/mol. The van der Waals surface area contributed by atoms with Crippen molar-refractivity contribution in [3.8, 4) is 11.5 Å². The van der Waals surface area contributed by atoms with Gasteiger partial charge in [-0.1, -0.05) is 22.9 Å². The number of nitrogens with zero attached hydrogens (tertiary/aromatic N) is 2. The minimum Gasteiger partial charge on any atom is -0.493 e. The standard InChI is InChI=1S/C17H26BrN3O2.HI/c1-12-5-7-21(8-6-12)17(19-2)20-11-13-9-15(22-3)16(23-4)10-14(13)18;/h9-10,12H,5-8,11H2,1-4H3,(H,19,20);1H. The van der Waals surface area contributed by atoms with Gasteiger partial charge in [0, 0.05) is 31.2 Å². The molecule has 0 spiro atoms. The Hall–Kier alpha value is -0.700. The Balaban J connectivity index is 0.00000288. The molecule has 0 saturated carbocycles. The molecule has 0 aliphatic carbocycles. The van der Waals surface area contributed by atoms with Gasteiger partial charge in [-0.05, 0) is 36.5 Å². The molecule has 0 radical (unpaired) electrons. The molecule has 0 aromatic heterocycles. The number of ether oxygens (including phenoxy) is 2. The van der Waals surface area contributed by atoms with Crippen molar-refractivity contribution in [3.05, 3.63) is 22.2 Å². The van der Waals surface area contributed by atoms with Crippen molar-refractivity contribution < 1.29 is 9.47 Å². The number of likely N-dealkylation sites (tertiary alicyclic amines) is 1. The van der Waals surface area contributed by atoms with Crippen molar-refractivity contribution in [2.45, 2.75) is 26.3 Å². The van der Waals surface area contributed by atoms with Gasteiger partial charge in [-0.25, -0.2) is 0 Å². The molecule has 7 heteroatoms. The van der Waals surface area contributed by atoms with Gasteiger partial charge in [0.1, 0.15) is 0 Å². The van der Waals surface area contributed by atoms with Crippen molar-refractivity contribution in [2.24, 2.45) is 10.9 Å². The van der Waals surface area contributed by atoms with Gasteiger partial charge in [0.05, 0.1) is 14.2 Å². The molecule has 1 fully saturated rings. The van der Waals surface area contributed by atoms with Crippen molar-refractivity contribution >= 4 is 45.9 Å². The zero-order chi connectivity index (χ0) is 16.8. The highest BCUT2D eigenvalue weighted by Gasteiger charge is 2.19. The second-order valence-electron chi connectivity index (χ2n) is 5.87. The summed E-state index contributed by atoms with van der Waals surface area (Å²) in [5.74, 6) is 3.22. The Morgan fingerprint density at radius 3 is 2.38 bits per heavy atom. The normalized spacial score (nSPS) is 15.7. The number of aliphatic imine (C=N–C) groups is 1. The number of nitrogens with one attached hydrogen (secondary N) is 1. The number of halogens is 2. The Labute approximate surface area is 170 Å². The summed E-state index contributed by atoms with van der Waals surface area (Å²) in [6, 6.07) is 3.92. The molecule has 0 unspecified atom stereocenters. The highest BCUT2D eigenvalue weighted by molar-refractivity contribution is 14.0. The fraction of sp³-hybridized carbons (Fsp3) is 0.588. The largest absolute Gasteiger partial charge is 0.493 e. The summed E-state index contributed by atoms with van der Waals surface area (Å²) in [6.45, 7) is 5.12. The maximum atomic E-state index is 5.38. The van der Waals surface area contributed by atoms with Crippen LogP contribution in [0.3, 0.4) is 0 Å². The van der Waals surface area contributed by atoms with Crippen molar-refractivity contribution in [1.29, 1.82) is 0 Å². The number of guanidine groups is 1. The van der Waals surface area contributed by atoms with Gasteiger partial charge >= 0.3 is 0 Å². The molecule has 1 aliphatic rings. The molecule has 1 saturated heterocycles. The monoisotopic (exact) mass is 511 g/mol. The van der Waals surface area contributed by atoms with E-state index in [0.29, 0.717) is 6.54 Å². The summed E-state index contributed by atoms with van der Waals surface area (Å²) >= 11 is 3.60. The fourth-order valence-electron chi connectivity index (χ4n) is 2.76. The Bertz CT molecular complexity index is 561. The first kappa shape index (κ1) is 21.3. The quantitative estimate of drug-likeness (QED) is 0.378. The van der Waals surface area contributed by atoms with Crippen LogP contribution in [0.25, 0.3) is 0 Å².